The van der Waals surface area contributed by atoms with Gasteiger partial charge in [-0.1, -0.05) is 23.5 Å². The Kier molecular flexibility index (Phi) is 3.39. The Hall–Kier alpha value is -2.57. The molecule has 2 aromatic heterocycles. The van der Waals surface area contributed by atoms with Crippen LogP contribution in [0.3, 0.4) is 0 Å². The van der Waals surface area contributed by atoms with Crippen LogP contribution in [0.5, 0.6) is 0 Å². The predicted molar refractivity (Wildman–Crippen MR) is 103 cm³/mol. The zero-order chi connectivity index (χ0) is 16.8. The maximum Gasteiger partial charge on any atom is 0.195 e. The summed E-state index contributed by atoms with van der Waals surface area (Å²) in [5, 5.41) is 0. The second-order valence-corrected chi connectivity index (χ2v) is 7.26. The number of aromatic nitrogens is 2. The fourth-order valence-electron chi connectivity index (χ4n) is 3.30. The van der Waals surface area contributed by atoms with Crippen molar-refractivity contribution < 1.29 is 4.74 Å². The molecule has 0 bridgehead atoms. The van der Waals surface area contributed by atoms with Gasteiger partial charge in [-0.05, 0) is 30.3 Å². The minimum Gasteiger partial charge on any atom is -0.399 e. The van der Waals surface area contributed by atoms with Gasteiger partial charge in [-0.3, -0.25) is 4.40 Å². The van der Waals surface area contributed by atoms with Gasteiger partial charge in [-0.25, -0.2) is 4.98 Å². The van der Waals surface area contributed by atoms with Gasteiger partial charge in [-0.15, -0.1) is 0 Å². The highest BCUT2D eigenvalue weighted by molar-refractivity contribution is 7.23. The van der Waals surface area contributed by atoms with Crippen molar-refractivity contribution in [2.75, 3.05) is 36.9 Å². The third-order valence-electron chi connectivity index (χ3n) is 4.66. The van der Waals surface area contributed by atoms with E-state index in [1.165, 1.54) is 15.9 Å². The van der Waals surface area contributed by atoms with E-state index in [4.69, 9.17) is 15.5 Å². The first kappa shape index (κ1) is 14.7. The second kappa shape index (κ2) is 5.75. The fraction of sp³-hybridized carbons (Fsp3) is 0.211. The molecule has 1 saturated heterocycles. The number of nitrogens with zero attached hydrogens (tertiary/aromatic N) is 3. The lowest BCUT2D eigenvalue weighted by Crippen LogP contribution is -2.36. The lowest BCUT2D eigenvalue weighted by molar-refractivity contribution is 0.122. The maximum atomic E-state index is 5.78. The van der Waals surface area contributed by atoms with E-state index < -0.39 is 0 Å². The third-order valence-corrected chi connectivity index (χ3v) is 5.70. The van der Waals surface area contributed by atoms with E-state index in [2.05, 4.69) is 33.7 Å². The summed E-state index contributed by atoms with van der Waals surface area (Å²) in [4.78, 5) is 8.19. The summed E-state index contributed by atoms with van der Waals surface area (Å²) in [5.41, 5.74) is 11.1. The topological polar surface area (TPSA) is 55.8 Å². The Bertz CT molecular complexity index is 1040. The minimum absolute atomic E-state index is 0.769. The lowest BCUT2D eigenvalue weighted by Gasteiger charge is -2.28. The molecule has 1 fully saturated rings. The third kappa shape index (κ3) is 2.54. The van der Waals surface area contributed by atoms with Crippen LogP contribution in [0.1, 0.15) is 0 Å². The average Bonchev–Trinajstić information content (AvgIpc) is 3.20. The van der Waals surface area contributed by atoms with Crippen molar-refractivity contribution in [3.63, 3.8) is 0 Å². The van der Waals surface area contributed by atoms with Gasteiger partial charge in [0.2, 0.25) is 0 Å². The Morgan fingerprint density at radius 1 is 1.04 bits per heavy atom. The number of anilines is 2. The van der Waals surface area contributed by atoms with Gasteiger partial charge < -0.3 is 15.4 Å². The molecule has 126 valence electrons. The number of rotatable bonds is 2. The van der Waals surface area contributed by atoms with E-state index in [1.807, 2.05) is 24.3 Å². The molecular formula is C19H18N4OS. The number of hydrogen-bond donors (Lipinski definition) is 1. The number of nitrogens with two attached hydrogens (primary N) is 1. The molecule has 0 aliphatic carbocycles. The quantitative estimate of drug-likeness (QED) is 0.561. The molecule has 0 unspecified atom stereocenters. The molecule has 1 aliphatic heterocycles. The summed E-state index contributed by atoms with van der Waals surface area (Å²) >= 11 is 1.72. The molecule has 5 nitrogen and oxygen atoms in total. The molecule has 0 spiro atoms. The van der Waals surface area contributed by atoms with E-state index in [-0.39, 0.29) is 0 Å². The first-order valence-electron chi connectivity index (χ1n) is 8.38. The lowest BCUT2D eigenvalue weighted by atomic mass is 10.1. The molecule has 0 atom stereocenters. The standard InChI is InChI=1S/C19H18N4OS/c20-14-3-1-13(2-4-14)16-12-23-17-11-15(22-7-9-24-10-8-22)5-6-18(17)25-19(23)21-16/h1-6,11-12H,7-10,20H2. The van der Waals surface area contributed by atoms with E-state index in [0.29, 0.717) is 0 Å². The molecule has 2 N–H and O–H groups in total. The van der Waals surface area contributed by atoms with Crippen molar-refractivity contribution >= 4 is 37.9 Å². The average molecular weight is 350 g/mol. The summed E-state index contributed by atoms with van der Waals surface area (Å²) in [6.07, 6.45) is 2.11. The van der Waals surface area contributed by atoms with E-state index in [1.54, 1.807) is 11.3 Å². The highest BCUT2D eigenvalue weighted by atomic mass is 32.1. The maximum absolute atomic E-state index is 5.78. The van der Waals surface area contributed by atoms with Crippen molar-refractivity contribution in [2.45, 2.75) is 0 Å². The number of fused-ring (bicyclic) bond motifs is 3. The number of thiazole rings is 1. The summed E-state index contributed by atoms with van der Waals surface area (Å²) in [5.74, 6) is 0. The Balaban J connectivity index is 1.60. The minimum atomic E-state index is 0.769. The monoisotopic (exact) mass is 350 g/mol. The second-order valence-electron chi connectivity index (χ2n) is 6.25. The van der Waals surface area contributed by atoms with Gasteiger partial charge >= 0.3 is 0 Å². The summed E-state index contributed by atoms with van der Waals surface area (Å²) in [6, 6.07) is 14.5. The molecule has 0 radical (unpaired) electrons. The molecule has 4 aromatic rings. The smallest absolute Gasteiger partial charge is 0.195 e. The molecule has 6 heteroatoms. The van der Waals surface area contributed by atoms with Crippen molar-refractivity contribution in [1.82, 2.24) is 9.38 Å². The van der Waals surface area contributed by atoms with Crippen LogP contribution in [-0.4, -0.2) is 35.7 Å². The molecule has 0 saturated carbocycles. The number of imidazole rings is 1. The van der Waals surface area contributed by atoms with Gasteiger partial charge in [-0.2, -0.15) is 0 Å². The largest absolute Gasteiger partial charge is 0.399 e. The van der Waals surface area contributed by atoms with E-state index in [9.17, 15) is 0 Å². The zero-order valence-corrected chi connectivity index (χ0v) is 14.5. The van der Waals surface area contributed by atoms with Crippen LogP contribution >= 0.6 is 11.3 Å². The first-order valence-corrected chi connectivity index (χ1v) is 9.20. The number of benzene rings is 2. The number of nitrogen functional groups attached to an aromatic ring is 1. The molecule has 5 rings (SSSR count). The number of morpholine rings is 1. The predicted octanol–water partition coefficient (Wildman–Crippen LogP) is 3.63. The van der Waals surface area contributed by atoms with Crippen LogP contribution in [-0.2, 0) is 4.74 Å². The molecule has 25 heavy (non-hydrogen) atoms. The number of ether oxygens (including phenoxy) is 1. The van der Waals surface area contributed by atoms with Crippen molar-refractivity contribution in [3.05, 3.63) is 48.7 Å². The van der Waals surface area contributed by atoms with Gasteiger partial charge in [0, 0.05) is 36.2 Å². The number of hydrogen-bond acceptors (Lipinski definition) is 5. The van der Waals surface area contributed by atoms with Crippen molar-refractivity contribution in [3.8, 4) is 11.3 Å². The van der Waals surface area contributed by atoms with Gasteiger partial charge in [0.1, 0.15) is 0 Å². The summed E-state index contributed by atoms with van der Waals surface area (Å²) in [6.45, 7) is 3.48. The highest BCUT2D eigenvalue weighted by Gasteiger charge is 2.15. The van der Waals surface area contributed by atoms with Crippen LogP contribution < -0.4 is 10.6 Å². The molecule has 0 amide bonds. The first-order chi connectivity index (χ1) is 12.3. The fourth-order valence-corrected chi connectivity index (χ4v) is 4.29. The van der Waals surface area contributed by atoms with Crippen LogP contribution in [0.4, 0.5) is 11.4 Å². The molecule has 3 heterocycles. The Morgan fingerprint density at radius 2 is 1.84 bits per heavy atom. The summed E-state index contributed by atoms with van der Waals surface area (Å²) < 4.78 is 8.90. The van der Waals surface area contributed by atoms with E-state index in [0.717, 1.165) is 48.2 Å². The highest BCUT2D eigenvalue weighted by Crippen LogP contribution is 2.32. The van der Waals surface area contributed by atoms with Gasteiger partial charge in [0.15, 0.2) is 4.96 Å². The normalized spacial score (nSPS) is 15.3. The zero-order valence-electron chi connectivity index (χ0n) is 13.7. The van der Waals surface area contributed by atoms with Gasteiger partial charge in [0.05, 0.1) is 29.1 Å². The van der Waals surface area contributed by atoms with Crippen LogP contribution in [0.25, 0.3) is 26.4 Å². The van der Waals surface area contributed by atoms with E-state index >= 15 is 0 Å². The van der Waals surface area contributed by atoms with Crippen molar-refractivity contribution in [1.29, 1.82) is 0 Å². The van der Waals surface area contributed by atoms with Crippen molar-refractivity contribution in [2.24, 2.45) is 0 Å². The van der Waals surface area contributed by atoms with Crippen LogP contribution in [0, 0.1) is 0 Å². The molecular weight excluding hydrogens is 332 g/mol. The van der Waals surface area contributed by atoms with Gasteiger partial charge in [0.25, 0.3) is 0 Å². The summed E-state index contributed by atoms with van der Waals surface area (Å²) in [7, 11) is 0. The Labute approximate surface area is 149 Å². The van der Waals surface area contributed by atoms with Crippen LogP contribution in [0.15, 0.2) is 48.7 Å². The molecule has 2 aromatic carbocycles. The Morgan fingerprint density at radius 3 is 2.64 bits per heavy atom. The SMILES string of the molecule is Nc1ccc(-c2cn3c(n2)sc2ccc(N4CCOCC4)cc23)cc1. The van der Waals surface area contributed by atoms with Crippen LogP contribution in [0.2, 0.25) is 0 Å². The molecule has 1 aliphatic rings.